The zero-order valence-electron chi connectivity index (χ0n) is 14.5. The van der Waals surface area contributed by atoms with E-state index in [9.17, 15) is 0 Å². The molecule has 0 atom stereocenters. The van der Waals surface area contributed by atoms with Crippen LogP contribution in [0.3, 0.4) is 0 Å². The fraction of sp³-hybridized carbons (Fsp3) is 0.263. The Bertz CT molecular complexity index is 683. The summed E-state index contributed by atoms with van der Waals surface area (Å²) >= 11 is 0. The molecule has 5 heteroatoms. The molecule has 0 saturated heterocycles. The lowest BCUT2D eigenvalue weighted by atomic mass is 10.0. The molecule has 0 aliphatic heterocycles. The summed E-state index contributed by atoms with van der Waals surface area (Å²) in [7, 11) is 6.41. The van der Waals surface area contributed by atoms with Crippen molar-refractivity contribution in [3.8, 4) is 23.0 Å². The van der Waals surface area contributed by atoms with E-state index in [1.54, 1.807) is 28.4 Å². The third kappa shape index (κ3) is 3.81. The molecule has 0 saturated carbocycles. The maximum absolute atomic E-state index is 5.96. The first-order valence-corrected chi connectivity index (χ1v) is 7.51. The summed E-state index contributed by atoms with van der Waals surface area (Å²) in [5.41, 5.74) is 8.87. The first-order valence-electron chi connectivity index (χ1n) is 7.51. The molecule has 2 N–H and O–H groups in total. The summed E-state index contributed by atoms with van der Waals surface area (Å²) in [6, 6.07) is 11.6. The van der Waals surface area contributed by atoms with Crippen molar-refractivity contribution >= 4 is 11.6 Å². The van der Waals surface area contributed by atoms with E-state index < -0.39 is 0 Å². The van der Waals surface area contributed by atoms with Gasteiger partial charge in [0.15, 0.2) is 11.5 Å². The number of hydrogen-bond acceptors (Lipinski definition) is 5. The second kappa shape index (κ2) is 8.26. The Hall–Kier alpha value is -2.66. The summed E-state index contributed by atoms with van der Waals surface area (Å²) < 4.78 is 21.3. The molecule has 128 valence electrons. The SMILES string of the molecule is COc1ccc(/C=C(\CN)c2cc(OC)c(OC)c(OC)c2)cc1. The van der Waals surface area contributed by atoms with Gasteiger partial charge >= 0.3 is 0 Å². The van der Waals surface area contributed by atoms with Crippen molar-refractivity contribution in [2.24, 2.45) is 5.73 Å². The number of benzene rings is 2. The molecule has 0 heterocycles. The smallest absolute Gasteiger partial charge is 0.203 e. The number of hydrogen-bond donors (Lipinski definition) is 1. The average molecular weight is 329 g/mol. The molecule has 2 rings (SSSR count). The van der Waals surface area contributed by atoms with Gasteiger partial charge in [0.1, 0.15) is 5.75 Å². The Kier molecular flexibility index (Phi) is 6.09. The quantitative estimate of drug-likeness (QED) is 0.790. The zero-order valence-corrected chi connectivity index (χ0v) is 14.5. The molecule has 2 aromatic carbocycles. The van der Waals surface area contributed by atoms with Crippen molar-refractivity contribution in [3.05, 3.63) is 47.5 Å². The van der Waals surface area contributed by atoms with Crippen molar-refractivity contribution in [2.75, 3.05) is 35.0 Å². The summed E-state index contributed by atoms with van der Waals surface area (Å²) in [4.78, 5) is 0. The maximum atomic E-state index is 5.96. The first kappa shape index (κ1) is 17.7. The number of ether oxygens (including phenoxy) is 4. The fourth-order valence-electron chi connectivity index (χ4n) is 2.43. The molecule has 0 amide bonds. The van der Waals surface area contributed by atoms with Gasteiger partial charge in [0.05, 0.1) is 28.4 Å². The molecule has 2 aromatic rings. The minimum Gasteiger partial charge on any atom is -0.497 e. The van der Waals surface area contributed by atoms with Crippen LogP contribution < -0.4 is 24.7 Å². The van der Waals surface area contributed by atoms with Gasteiger partial charge in [-0.2, -0.15) is 0 Å². The Labute approximate surface area is 142 Å². The molecule has 0 unspecified atom stereocenters. The van der Waals surface area contributed by atoms with E-state index in [2.05, 4.69) is 0 Å². The van der Waals surface area contributed by atoms with Crippen molar-refractivity contribution in [1.82, 2.24) is 0 Å². The highest BCUT2D eigenvalue weighted by Gasteiger charge is 2.14. The van der Waals surface area contributed by atoms with Crippen molar-refractivity contribution in [1.29, 1.82) is 0 Å². The van der Waals surface area contributed by atoms with Gasteiger partial charge < -0.3 is 24.7 Å². The maximum Gasteiger partial charge on any atom is 0.203 e. The van der Waals surface area contributed by atoms with E-state index in [-0.39, 0.29) is 0 Å². The average Bonchev–Trinajstić information content (AvgIpc) is 2.65. The normalized spacial score (nSPS) is 11.1. The predicted octanol–water partition coefficient (Wildman–Crippen LogP) is 3.22. The minimum atomic E-state index is 0.380. The second-order valence-corrected chi connectivity index (χ2v) is 5.06. The lowest BCUT2D eigenvalue weighted by Crippen LogP contribution is -2.04. The van der Waals surface area contributed by atoms with Crippen molar-refractivity contribution < 1.29 is 18.9 Å². The molecule has 24 heavy (non-hydrogen) atoms. The lowest BCUT2D eigenvalue weighted by molar-refractivity contribution is 0.324. The Morgan fingerprint density at radius 1 is 0.875 bits per heavy atom. The Morgan fingerprint density at radius 2 is 1.46 bits per heavy atom. The van der Waals surface area contributed by atoms with Crippen molar-refractivity contribution in [2.45, 2.75) is 0 Å². The van der Waals surface area contributed by atoms with Gasteiger partial charge in [-0.05, 0) is 47.0 Å². The van der Waals surface area contributed by atoms with Gasteiger partial charge in [-0.1, -0.05) is 12.1 Å². The van der Waals surface area contributed by atoms with E-state index in [0.29, 0.717) is 23.8 Å². The van der Waals surface area contributed by atoms with Crippen LogP contribution in [-0.4, -0.2) is 35.0 Å². The van der Waals surface area contributed by atoms with Gasteiger partial charge in [-0.15, -0.1) is 0 Å². The van der Waals surface area contributed by atoms with E-state index in [4.69, 9.17) is 24.7 Å². The van der Waals surface area contributed by atoms with Crippen LogP contribution in [0.5, 0.6) is 23.0 Å². The van der Waals surface area contributed by atoms with E-state index in [1.165, 1.54) is 0 Å². The highest BCUT2D eigenvalue weighted by molar-refractivity contribution is 5.84. The van der Waals surface area contributed by atoms with Crippen LogP contribution in [0, 0.1) is 0 Å². The third-order valence-electron chi connectivity index (χ3n) is 3.71. The Morgan fingerprint density at radius 3 is 1.88 bits per heavy atom. The zero-order chi connectivity index (χ0) is 17.5. The first-order chi connectivity index (χ1) is 11.7. The highest BCUT2D eigenvalue weighted by atomic mass is 16.5. The molecule has 0 aliphatic rings. The van der Waals surface area contributed by atoms with Gasteiger partial charge in [-0.25, -0.2) is 0 Å². The predicted molar refractivity (Wildman–Crippen MR) is 96.0 cm³/mol. The van der Waals surface area contributed by atoms with E-state index in [1.807, 2.05) is 42.5 Å². The van der Waals surface area contributed by atoms with Crippen LogP contribution in [0.2, 0.25) is 0 Å². The summed E-state index contributed by atoms with van der Waals surface area (Å²) in [5, 5.41) is 0. The van der Waals surface area contributed by atoms with E-state index >= 15 is 0 Å². The molecular weight excluding hydrogens is 306 g/mol. The molecule has 0 bridgehead atoms. The van der Waals surface area contributed by atoms with Gasteiger partial charge in [0, 0.05) is 6.54 Å². The molecule has 0 aromatic heterocycles. The van der Waals surface area contributed by atoms with Crippen LogP contribution in [-0.2, 0) is 0 Å². The van der Waals surface area contributed by atoms with E-state index in [0.717, 1.165) is 22.4 Å². The molecule has 0 spiro atoms. The second-order valence-electron chi connectivity index (χ2n) is 5.06. The number of nitrogens with two attached hydrogens (primary N) is 1. The number of methoxy groups -OCH3 is 4. The molecule has 0 fully saturated rings. The highest BCUT2D eigenvalue weighted by Crippen LogP contribution is 2.40. The topological polar surface area (TPSA) is 62.9 Å². The van der Waals surface area contributed by atoms with Crippen LogP contribution in [0.4, 0.5) is 0 Å². The number of rotatable bonds is 7. The molecule has 0 aliphatic carbocycles. The summed E-state index contributed by atoms with van der Waals surface area (Å²) in [5.74, 6) is 2.57. The monoisotopic (exact) mass is 329 g/mol. The largest absolute Gasteiger partial charge is 0.497 e. The minimum absolute atomic E-state index is 0.380. The van der Waals surface area contributed by atoms with Crippen LogP contribution >= 0.6 is 0 Å². The summed E-state index contributed by atoms with van der Waals surface area (Å²) in [6.45, 7) is 0.380. The van der Waals surface area contributed by atoms with Gasteiger partial charge in [0.2, 0.25) is 5.75 Å². The lowest BCUT2D eigenvalue weighted by Gasteiger charge is -2.15. The van der Waals surface area contributed by atoms with Crippen LogP contribution in [0.15, 0.2) is 36.4 Å². The molecule has 0 radical (unpaired) electrons. The van der Waals surface area contributed by atoms with Crippen molar-refractivity contribution in [3.63, 3.8) is 0 Å². The van der Waals surface area contributed by atoms with Crippen LogP contribution in [0.1, 0.15) is 11.1 Å². The molecular formula is C19H23NO4. The molecule has 5 nitrogen and oxygen atoms in total. The Balaban J connectivity index is 2.47. The third-order valence-corrected chi connectivity index (χ3v) is 3.71. The van der Waals surface area contributed by atoms with Gasteiger partial charge in [0.25, 0.3) is 0 Å². The fourth-order valence-corrected chi connectivity index (χ4v) is 2.43. The van der Waals surface area contributed by atoms with Crippen LogP contribution in [0.25, 0.3) is 11.6 Å². The van der Waals surface area contributed by atoms with Gasteiger partial charge in [-0.3, -0.25) is 0 Å². The summed E-state index contributed by atoms with van der Waals surface area (Å²) in [6.07, 6.45) is 2.03. The standard InChI is InChI=1S/C19H23NO4/c1-21-16-7-5-13(6-8-16)9-15(12-20)14-10-17(22-2)19(24-4)18(11-14)23-3/h5-11H,12,20H2,1-4H3/b15-9+.